The standard InChI is InChI=1S/C17H26N4O2/c1-18-17(20-12-15-5-4-10-23-15)19-11-13-6-8-14(9-7-13)16(22)21(2)3/h6-9,15H,4-5,10-12H2,1-3H3,(H2,18,19,20). The molecule has 1 fully saturated rings. The molecule has 6 nitrogen and oxygen atoms in total. The Hall–Kier alpha value is -2.08. The number of hydrogen-bond donors (Lipinski definition) is 2. The molecule has 1 unspecified atom stereocenters. The zero-order valence-corrected chi connectivity index (χ0v) is 14.1. The Bertz CT molecular complexity index is 534. The van der Waals surface area contributed by atoms with Crippen molar-refractivity contribution in [2.45, 2.75) is 25.5 Å². The highest BCUT2D eigenvalue weighted by Gasteiger charge is 2.15. The molecule has 0 aromatic heterocycles. The van der Waals surface area contributed by atoms with Crippen LogP contribution < -0.4 is 10.6 Å². The molecule has 1 aromatic rings. The first-order valence-electron chi connectivity index (χ1n) is 7.97. The normalized spacial score (nSPS) is 17.9. The van der Waals surface area contributed by atoms with Gasteiger partial charge in [-0.25, -0.2) is 0 Å². The van der Waals surface area contributed by atoms with Gasteiger partial charge in [-0.3, -0.25) is 9.79 Å². The lowest BCUT2D eigenvalue weighted by Crippen LogP contribution is -2.40. The zero-order chi connectivity index (χ0) is 16.7. The van der Waals surface area contributed by atoms with Crippen LogP contribution in [0.25, 0.3) is 0 Å². The number of carbonyl (C=O) groups excluding carboxylic acids is 1. The second kappa shape index (κ2) is 8.53. The van der Waals surface area contributed by atoms with Gasteiger partial charge in [0.15, 0.2) is 5.96 Å². The molecule has 23 heavy (non-hydrogen) atoms. The van der Waals surface area contributed by atoms with E-state index < -0.39 is 0 Å². The van der Waals surface area contributed by atoms with E-state index in [0.29, 0.717) is 12.1 Å². The minimum absolute atomic E-state index is 0.0125. The van der Waals surface area contributed by atoms with Gasteiger partial charge >= 0.3 is 0 Å². The Kier molecular flexibility index (Phi) is 6.40. The maximum Gasteiger partial charge on any atom is 0.253 e. The van der Waals surface area contributed by atoms with Crippen molar-refractivity contribution < 1.29 is 9.53 Å². The van der Waals surface area contributed by atoms with Gasteiger partial charge in [0.2, 0.25) is 0 Å². The van der Waals surface area contributed by atoms with E-state index in [1.165, 1.54) is 0 Å². The van der Waals surface area contributed by atoms with Crippen molar-refractivity contribution in [1.82, 2.24) is 15.5 Å². The largest absolute Gasteiger partial charge is 0.376 e. The first-order chi connectivity index (χ1) is 11.1. The summed E-state index contributed by atoms with van der Waals surface area (Å²) >= 11 is 0. The van der Waals surface area contributed by atoms with E-state index in [1.54, 1.807) is 26.0 Å². The van der Waals surface area contributed by atoms with E-state index in [9.17, 15) is 4.79 Å². The van der Waals surface area contributed by atoms with Crippen molar-refractivity contribution in [2.75, 3.05) is 34.3 Å². The van der Waals surface area contributed by atoms with Crippen LogP contribution in [0.1, 0.15) is 28.8 Å². The van der Waals surface area contributed by atoms with Crippen LogP contribution >= 0.6 is 0 Å². The minimum atomic E-state index is 0.0125. The molecule has 0 radical (unpaired) electrons. The smallest absolute Gasteiger partial charge is 0.253 e. The summed E-state index contributed by atoms with van der Waals surface area (Å²) < 4.78 is 5.58. The number of rotatable bonds is 5. The molecule has 0 spiro atoms. The topological polar surface area (TPSA) is 66.0 Å². The number of carbonyl (C=O) groups is 1. The highest BCUT2D eigenvalue weighted by Crippen LogP contribution is 2.10. The van der Waals surface area contributed by atoms with E-state index in [0.717, 1.165) is 37.5 Å². The van der Waals surface area contributed by atoms with Crippen molar-refractivity contribution in [3.8, 4) is 0 Å². The third kappa shape index (κ3) is 5.25. The summed E-state index contributed by atoms with van der Waals surface area (Å²) in [5.74, 6) is 0.771. The summed E-state index contributed by atoms with van der Waals surface area (Å²) in [5.41, 5.74) is 1.79. The molecule has 1 heterocycles. The SMILES string of the molecule is CN=C(NCc1ccc(C(=O)N(C)C)cc1)NCC1CCCO1. The third-order valence-corrected chi connectivity index (χ3v) is 3.81. The summed E-state index contributed by atoms with van der Waals surface area (Å²) in [5, 5.41) is 6.55. The number of benzene rings is 1. The Morgan fingerprint density at radius 2 is 2.04 bits per heavy atom. The van der Waals surface area contributed by atoms with Crippen LogP contribution in [0.15, 0.2) is 29.3 Å². The molecule has 2 N–H and O–H groups in total. The Balaban J connectivity index is 1.80. The third-order valence-electron chi connectivity index (χ3n) is 3.81. The second-order valence-corrected chi connectivity index (χ2v) is 5.84. The summed E-state index contributed by atoms with van der Waals surface area (Å²) in [6.45, 7) is 2.29. The molecule has 0 bridgehead atoms. The summed E-state index contributed by atoms with van der Waals surface area (Å²) in [7, 11) is 5.26. The van der Waals surface area contributed by atoms with Crippen molar-refractivity contribution >= 4 is 11.9 Å². The van der Waals surface area contributed by atoms with Crippen LogP contribution in [0, 0.1) is 0 Å². The van der Waals surface area contributed by atoms with E-state index in [-0.39, 0.29) is 12.0 Å². The van der Waals surface area contributed by atoms with Gasteiger partial charge in [0.25, 0.3) is 5.91 Å². The van der Waals surface area contributed by atoms with Gasteiger partial charge in [0.05, 0.1) is 6.10 Å². The van der Waals surface area contributed by atoms with E-state index in [2.05, 4.69) is 15.6 Å². The van der Waals surface area contributed by atoms with Gasteiger partial charge in [-0.05, 0) is 30.5 Å². The maximum absolute atomic E-state index is 11.8. The average Bonchev–Trinajstić information content (AvgIpc) is 3.08. The number of amides is 1. The highest BCUT2D eigenvalue weighted by molar-refractivity contribution is 5.93. The van der Waals surface area contributed by atoms with Crippen molar-refractivity contribution in [3.05, 3.63) is 35.4 Å². The fourth-order valence-corrected chi connectivity index (χ4v) is 2.45. The molecule has 0 aliphatic carbocycles. The fraction of sp³-hybridized carbons (Fsp3) is 0.529. The lowest BCUT2D eigenvalue weighted by Gasteiger charge is -2.15. The van der Waals surface area contributed by atoms with Gasteiger partial charge < -0.3 is 20.3 Å². The van der Waals surface area contributed by atoms with Crippen LogP contribution in [-0.2, 0) is 11.3 Å². The monoisotopic (exact) mass is 318 g/mol. The van der Waals surface area contributed by atoms with Crippen molar-refractivity contribution in [3.63, 3.8) is 0 Å². The summed E-state index contributed by atoms with van der Waals surface area (Å²) in [4.78, 5) is 17.6. The number of nitrogens with zero attached hydrogens (tertiary/aromatic N) is 2. The molecule has 2 rings (SSSR count). The first-order valence-corrected chi connectivity index (χ1v) is 7.97. The molecule has 1 saturated heterocycles. The number of guanidine groups is 1. The van der Waals surface area contributed by atoms with Crippen LogP contribution in [0.4, 0.5) is 0 Å². The van der Waals surface area contributed by atoms with E-state index in [4.69, 9.17) is 4.74 Å². The summed E-state index contributed by atoms with van der Waals surface area (Å²) in [6.07, 6.45) is 2.52. The average molecular weight is 318 g/mol. The molecule has 126 valence electrons. The molecule has 6 heteroatoms. The molecule has 0 saturated carbocycles. The highest BCUT2D eigenvalue weighted by atomic mass is 16.5. The molecule has 1 aliphatic rings. The molecular formula is C17H26N4O2. The Morgan fingerprint density at radius 3 is 2.61 bits per heavy atom. The quantitative estimate of drug-likeness (QED) is 0.633. The molecule has 1 atom stereocenters. The molecule has 1 aromatic carbocycles. The van der Waals surface area contributed by atoms with Crippen LogP contribution in [0.3, 0.4) is 0 Å². The predicted molar refractivity (Wildman–Crippen MR) is 91.6 cm³/mol. The van der Waals surface area contributed by atoms with E-state index in [1.807, 2.05) is 24.3 Å². The lowest BCUT2D eigenvalue weighted by atomic mass is 10.1. The summed E-state index contributed by atoms with van der Waals surface area (Å²) in [6, 6.07) is 7.61. The first kappa shape index (κ1) is 17.3. The van der Waals surface area contributed by atoms with Crippen molar-refractivity contribution in [2.24, 2.45) is 4.99 Å². The Morgan fingerprint density at radius 1 is 1.30 bits per heavy atom. The van der Waals surface area contributed by atoms with Gasteiger partial charge in [-0.1, -0.05) is 12.1 Å². The molecule has 1 aliphatic heterocycles. The number of ether oxygens (including phenoxy) is 1. The zero-order valence-electron chi connectivity index (χ0n) is 14.1. The van der Waals surface area contributed by atoms with Crippen LogP contribution in [-0.4, -0.2) is 57.2 Å². The number of aliphatic imine (C=N–C) groups is 1. The number of hydrogen-bond acceptors (Lipinski definition) is 3. The maximum atomic E-state index is 11.8. The molecular weight excluding hydrogens is 292 g/mol. The fourth-order valence-electron chi connectivity index (χ4n) is 2.45. The van der Waals surface area contributed by atoms with Gasteiger partial charge in [-0.2, -0.15) is 0 Å². The van der Waals surface area contributed by atoms with Crippen LogP contribution in [0.5, 0.6) is 0 Å². The number of nitrogens with one attached hydrogen (secondary N) is 2. The predicted octanol–water partition coefficient (Wildman–Crippen LogP) is 1.23. The van der Waals surface area contributed by atoms with E-state index >= 15 is 0 Å². The van der Waals surface area contributed by atoms with Gasteiger partial charge in [0.1, 0.15) is 0 Å². The minimum Gasteiger partial charge on any atom is -0.376 e. The van der Waals surface area contributed by atoms with Gasteiger partial charge in [-0.15, -0.1) is 0 Å². The molecule has 1 amide bonds. The lowest BCUT2D eigenvalue weighted by molar-refractivity contribution is 0.0827. The Labute approximate surface area is 137 Å². The van der Waals surface area contributed by atoms with Crippen LogP contribution in [0.2, 0.25) is 0 Å². The second-order valence-electron chi connectivity index (χ2n) is 5.84. The van der Waals surface area contributed by atoms with Crippen molar-refractivity contribution in [1.29, 1.82) is 0 Å². The van der Waals surface area contributed by atoms with Gasteiger partial charge in [0, 0.05) is 46.4 Å².